The van der Waals surface area contributed by atoms with Gasteiger partial charge in [0.1, 0.15) is 6.04 Å². The van der Waals surface area contributed by atoms with Crippen LogP contribution in [0.3, 0.4) is 0 Å². The summed E-state index contributed by atoms with van der Waals surface area (Å²) in [7, 11) is 6.15. The van der Waals surface area contributed by atoms with Gasteiger partial charge in [0.15, 0.2) is 11.5 Å². The molecule has 1 aliphatic heterocycles. The molecule has 2 heterocycles. The van der Waals surface area contributed by atoms with Gasteiger partial charge < -0.3 is 23.9 Å². The lowest BCUT2D eigenvalue weighted by Crippen LogP contribution is -2.45. The molecule has 29 heavy (non-hydrogen) atoms. The Bertz CT molecular complexity index is 1060. The molecular formula is C22H24N2O5. The minimum atomic E-state index is -0.477. The highest BCUT2D eigenvalue weighted by molar-refractivity contribution is 5.87. The van der Waals surface area contributed by atoms with Crippen LogP contribution in [0.2, 0.25) is 0 Å². The van der Waals surface area contributed by atoms with Crippen LogP contribution in [0.4, 0.5) is 0 Å². The largest absolute Gasteiger partial charge is 0.493 e. The molecule has 1 aliphatic rings. The van der Waals surface area contributed by atoms with Crippen LogP contribution in [0.25, 0.3) is 10.9 Å². The van der Waals surface area contributed by atoms with Crippen molar-refractivity contribution in [3.63, 3.8) is 0 Å². The van der Waals surface area contributed by atoms with Gasteiger partial charge in [-0.15, -0.1) is 0 Å². The van der Waals surface area contributed by atoms with E-state index in [1.807, 2.05) is 30.3 Å². The Morgan fingerprint density at radius 2 is 1.72 bits per heavy atom. The van der Waals surface area contributed by atoms with Crippen molar-refractivity contribution in [3.8, 4) is 17.2 Å². The number of fused-ring (bicyclic) bond motifs is 3. The van der Waals surface area contributed by atoms with Crippen LogP contribution in [0.15, 0.2) is 36.4 Å². The summed E-state index contributed by atoms with van der Waals surface area (Å²) in [5.74, 6) is 1.34. The molecule has 2 aromatic carbocycles. The average Bonchev–Trinajstić information content (AvgIpc) is 3.15. The molecule has 3 aromatic rings. The van der Waals surface area contributed by atoms with Crippen molar-refractivity contribution in [2.24, 2.45) is 0 Å². The first-order valence-corrected chi connectivity index (χ1v) is 9.35. The number of aromatic amines is 1. The quantitative estimate of drug-likeness (QED) is 0.646. The summed E-state index contributed by atoms with van der Waals surface area (Å²) in [5, 5.41) is 4.52. The first-order chi connectivity index (χ1) is 14.1. The Morgan fingerprint density at radius 1 is 0.966 bits per heavy atom. The van der Waals surface area contributed by atoms with Gasteiger partial charge in [-0.1, -0.05) is 18.2 Å². The van der Waals surface area contributed by atoms with Gasteiger partial charge in [0.2, 0.25) is 5.75 Å². The van der Waals surface area contributed by atoms with Crippen molar-refractivity contribution in [2.45, 2.75) is 18.5 Å². The van der Waals surface area contributed by atoms with Gasteiger partial charge in [-0.05, 0) is 23.8 Å². The number of para-hydroxylation sites is 1. The van der Waals surface area contributed by atoms with Crippen LogP contribution in [-0.4, -0.2) is 45.4 Å². The first-order valence-electron chi connectivity index (χ1n) is 9.35. The molecule has 2 N–H and O–H groups in total. The van der Waals surface area contributed by atoms with Crippen LogP contribution in [0, 0.1) is 0 Å². The molecule has 0 bridgehead atoms. The molecule has 152 valence electrons. The molecule has 2 atom stereocenters. The Hall–Kier alpha value is -3.19. The van der Waals surface area contributed by atoms with Crippen LogP contribution in [-0.2, 0) is 16.0 Å². The Morgan fingerprint density at radius 3 is 2.41 bits per heavy atom. The van der Waals surface area contributed by atoms with E-state index in [0.717, 1.165) is 27.7 Å². The number of carbonyl (C=O) groups is 1. The number of esters is 1. The number of aromatic nitrogens is 1. The zero-order valence-corrected chi connectivity index (χ0v) is 16.9. The third-order valence-corrected chi connectivity index (χ3v) is 5.44. The fraction of sp³-hybridized carbons (Fsp3) is 0.318. The lowest BCUT2D eigenvalue weighted by atomic mass is 9.89. The van der Waals surface area contributed by atoms with Crippen molar-refractivity contribution in [1.82, 2.24) is 10.3 Å². The first kappa shape index (κ1) is 19.1. The standard InChI is InChI=1S/C22H24N2O5/c1-26-17-10-9-13(20(27-2)21(17)28-3)18-19-14(11-16(24-18)22(25)29-4)12-7-5-6-8-15(12)23-19/h5-10,16,18,23-24H,11H2,1-4H3/t16-,18-/m1/s1. The summed E-state index contributed by atoms with van der Waals surface area (Å²) in [5.41, 5.74) is 3.95. The van der Waals surface area contributed by atoms with E-state index in [0.29, 0.717) is 23.7 Å². The second kappa shape index (κ2) is 7.67. The average molecular weight is 396 g/mol. The van der Waals surface area contributed by atoms with Gasteiger partial charge in [0.05, 0.1) is 34.5 Å². The highest BCUT2D eigenvalue weighted by Crippen LogP contribution is 2.45. The number of H-pyrrole nitrogens is 1. The van der Waals surface area contributed by atoms with Gasteiger partial charge in [0.25, 0.3) is 0 Å². The topological polar surface area (TPSA) is 81.8 Å². The summed E-state index contributed by atoms with van der Waals surface area (Å²) in [6.45, 7) is 0. The monoisotopic (exact) mass is 396 g/mol. The zero-order chi connectivity index (χ0) is 20.5. The lowest BCUT2D eigenvalue weighted by Gasteiger charge is -2.31. The van der Waals surface area contributed by atoms with Gasteiger partial charge in [0, 0.05) is 28.6 Å². The fourth-order valence-electron chi connectivity index (χ4n) is 4.13. The number of methoxy groups -OCH3 is 4. The second-order valence-corrected chi connectivity index (χ2v) is 6.87. The van der Waals surface area contributed by atoms with Crippen molar-refractivity contribution in [3.05, 3.63) is 53.2 Å². The SMILES string of the molecule is COC(=O)[C@H]1Cc2c([nH]c3ccccc23)[C@@H](c2ccc(OC)c(OC)c2OC)N1. The number of hydrogen-bond acceptors (Lipinski definition) is 6. The van der Waals surface area contributed by atoms with Crippen LogP contribution >= 0.6 is 0 Å². The maximum absolute atomic E-state index is 12.4. The lowest BCUT2D eigenvalue weighted by molar-refractivity contribution is -0.143. The molecule has 0 saturated carbocycles. The van der Waals surface area contributed by atoms with Gasteiger partial charge in [-0.3, -0.25) is 10.1 Å². The molecule has 4 rings (SSSR count). The second-order valence-electron chi connectivity index (χ2n) is 6.87. The third kappa shape index (κ3) is 3.07. The van der Waals surface area contributed by atoms with E-state index >= 15 is 0 Å². The zero-order valence-electron chi connectivity index (χ0n) is 16.9. The van der Waals surface area contributed by atoms with E-state index in [-0.39, 0.29) is 12.0 Å². The Kier molecular flexibility index (Phi) is 5.07. The van der Waals surface area contributed by atoms with E-state index in [2.05, 4.69) is 16.4 Å². The number of hydrogen-bond donors (Lipinski definition) is 2. The van der Waals surface area contributed by atoms with Crippen molar-refractivity contribution >= 4 is 16.9 Å². The van der Waals surface area contributed by atoms with Crippen molar-refractivity contribution < 1.29 is 23.7 Å². The maximum atomic E-state index is 12.4. The van der Waals surface area contributed by atoms with Gasteiger partial charge >= 0.3 is 5.97 Å². The highest BCUT2D eigenvalue weighted by atomic mass is 16.5. The third-order valence-electron chi connectivity index (χ3n) is 5.44. The normalized spacial score (nSPS) is 18.2. The highest BCUT2D eigenvalue weighted by Gasteiger charge is 2.36. The Labute approximate surface area is 168 Å². The fourth-order valence-corrected chi connectivity index (χ4v) is 4.13. The van der Waals surface area contributed by atoms with Crippen LogP contribution in [0.1, 0.15) is 22.9 Å². The predicted octanol–water partition coefficient (Wildman–Crippen LogP) is 2.97. The van der Waals surface area contributed by atoms with Crippen LogP contribution in [0.5, 0.6) is 17.2 Å². The molecule has 0 spiro atoms. The summed E-state index contributed by atoms with van der Waals surface area (Å²) in [6, 6.07) is 11.0. The minimum absolute atomic E-state index is 0.301. The summed E-state index contributed by atoms with van der Waals surface area (Å²) >= 11 is 0. The van der Waals surface area contributed by atoms with Crippen LogP contribution < -0.4 is 19.5 Å². The van der Waals surface area contributed by atoms with Gasteiger partial charge in [-0.2, -0.15) is 0 Å². The maximum Gasteiger partial charge on any atom is 0.323 e. The smallest absolute Gasteiger partial charge is 0.323 e. The molecular weight excluding hydrogens is 372 g/mol. The molecule has 7 heteroatoms. The molecule has 0 saturated heterocycles. The molecule has 1 aromatic heterocycles. The molecule has 0 amide bonds. The molecule has 0 fully saturated rings. The minimum Gasteiger partial charge on any atom is -0.493 e. The molecule has 0 radical (unpaired) electrons. The molecule has 0 aliphatic carbocycles. The van der Waals surface area contributed by atoms with E-state index in [1.165, 1.54) is 7.11 Å². The number of carbonyl (C=O) groups excluding carboxylic acids is 1. The summed E-state index contributed by atoms with van der Waals surface area (Å²) in [6.07, 6.45) is 0.540. The van der Waals surface area contributed by atoms with E-state index in [1.54, 1.807) is 21.3 Å². The Balaban J connectivity index is 1.93. The molecule has 0 unspecified atom stereocenters. The van der Waals surface area contributed by atoms with Crippen molar-refractivity contribution in [1.29, 1.82) is 0 Å². The van der Waals surface area contributed by atoms with Gasteiger partial charge in [-0.25, -0.2) is 0 Å². The van der Waals surface area contributed by atoms with E-state index < -0.39 is 6.04 Å². The number of rotatable bonds is 5. The van der Waals surface area contributed by atoms with E-state index in [9.17, 15) is 4.79 Å². The van der Waals surface area contributed by atoms with E-state index in [4.69, 9.17) is 18.9 Å². The molecule has 7 nitrogen and oxygen atoms in total. The number of benzene rings is 2. The summed E-state index contributed by atoms with van der Waals surface area (Å²) < 4.78 is 21.7. The predicted molar refractivity (Wildman–Crippen MR) is 109 cm³/mol. The number of nitrogens with one attached hydrogen (secondary N) is 2. The summed E-state index contributed by atoms with van der Waals surface area (Å²) in [4.78, 5) is 15.9. The van der Waals surface area contributed by atoms with Crippen molar-refractivity contribution in [2.75, 3.05) is 28.4 Å². The number of ether oxygens (including phenoxy) is 4.